The molecular weight excluding hydrogens is 246 g/mol. The highest BCUT2D eigenvalue weighted by atomic mass is 16.4. The van der Waals surface area contributed by atoms with Gasteiger partial charge in [0.2, 0.25) is 11.8 Å². The van der Waals surface area contributed by atoms with Gasteiger partial charge in [-0.2, -0.15) is 0 Å². The van der Waals surface area contributed by atoms with Gasteiger partial charge >= 0.3 is 5.97 Å². The summed E-state index contributed by atoms with van der Waals surface area (Å²) in [6.45, 7) is 1.44. The van der Waals surface area contributed by atoms with Crippen LogP contribution in [0, 0.1) is 12.8 Å². The van der Waals surface area contributed by atoms with Crippen LogP contribution in [0.3, 0.4) is 0 Å². The fraction of sp³-hybridized carbons (Fsp3) is 0.357. The molecule has 0 saturated carbocycles. The lowest BCUT2D eigenvalue weighted by Gasteiger charge is -2.12. The molecule has 1 atom stereocenters. The SMILES string of the molecule is Cc1ccc(C[C@H]2CC(=O)N(CC(=O)O)C2=O)cc1. The summed E-state index contributed by atoms with van der Waals surface area (Å²) in [7, 11) is 0. The van der Waals surface area contributed by atoms with Crippen LogP contribution in [-0.2, 0) is 20.8 Å². The van der Waals surface area contributed by atoms with Gasteiger partial charge in [0.25, 0.3) is 0 Å². The molecule has 1 heterocycles. The van der Waals surface area contributed by atoms with Crippen LogP contribution in [0.15, 0.2) is 24.3 Å². The number of carbonyl (C=O) groups is 3. The van der Waals surface area contributed by atoms with Crippen molar-refractivity contribution in [2.24, 2.45) is 5.92 Å². The third-order valence-electron chi connectivity index (χ3n) is 3.23. The molecule has 1 aromatic carbocycles. The lowest BCUT2D eigenvalue weighted by Crippen LogP contribution is -2.35. The van der Waals surface area contributed by atoms with E-state index in [4.69, 9.17) is 5.11 Å². The molecule has 1 N–H and O–H groups in total. The number of carboxylic acid groups (broad SMARTS) is 1. The topological polar surface area (TPSA) is 74.7 Å². The van der Waals surface area contributed by atoms with Crippen LogP contribution in [0.25, 0.3) is 0 Å². The van der Waals surface area contributed by atoms with Crippen LogP contribution in [0.5, 0.6) is 0 Å². The summed E-state index contributed by atoms with van der Waals surface area (Å²) in [6.07, 6.45) is 0.570. The van der Waals surface area contributed by atoms with Crippen molar-refractivity contribution >= 4 is 17.8 Å². The number of hydrogen-bond donors (Lipinski definition) is 1. The van der Waals surface area contributed by atoms with E-state index in [2.05, 4.69) is 0 Å². The number of aliphatic carboxylic acids is 1. The molecule has 5 heteroatoms. The Morgan fingerprint density at radius 2 is 1.95 bits per heavy atom. The van der Waals surface area contributed by atoms with Crippen molar-refractivity contribution in [3.05, 3.63) is 35.4 Å². The maximum atomic E-state index is 12.0. The molecule has 2 amide bonds. The Morgan fingerprint density at radius 3 is 2.53 bits per heavy atom. The summed E-state index contributed by atoms with van der Waals surface area (Å²) >= 11 is 0. The van der Waals surface area contributed by atoms with Crippen molar-refractivity contribution in [2.75, 3.05) is 6.54 Å². The highest BCUT2D eigenvalue weighted by Crippen LogP contribution is 2.23. The van der Waals surface area contributed by atoms with E-state index in [1.54, 1.807) is 0 Å². The maximum absolute atomic E-state index is 12.0. The van der Waals surface area contributed by atoms with Crippen LogP contribution in [0.4, 0.5) is 0 Å². The van der Waals surface area contributed by atoms with Gasteiger partial charge in [0.05, 0.1) is 5.92 Å². The normalized spacial score (nSPS) is 19.0. The van der Waals surface area contributed by atoms with Crippen molar-refractivity contribution < 1.29 is 19.5 Å². The first-order valence-electron chi connectivity index (χ1n) is 6.09. The predicted molar refractivity (Wildman–Crippen MR) is 67.3 cm³/mol. The number of carbonyl (C=O) groups excluding carboxylic acids is 2. The summed E-state index contributed by atoms with van der Waals surface area (Å²) in [6, 6.07) is 7.75. The molecule has 100 valence electrons. The van der Waals surface area contributed by atoms with E-state index >= 15 is 0 Å². The fourth-order valence-electron chi connectivity index (χ4n) is 2.22. The second-order valence-electron chi connectivity index (χ2n) is 4.80. The average Bonchev–Trinajstić information content (AvgIpc) is 2.60. The van der Waals surface area contributed by atoms with Gasteiger partial charge < -0.3 is 5.11 Å². The number of imide groups is 1. The monoisotopic (exact) mass is 261 g/mol. The number of hydrogen-bond acceptors (Lipinski definition) is 3. The summed E-state index contributed by atoms with van der Waals surface area (Å²) in [4.78, 5) is 35.0. The number of amides is 2. The third kappa shape index (κ3) is 2.99. The standard InChI is InChI=1S/C14H15NO4/c1-9-2-4-10(5-3-9)6-11-7-12(16)15(14(11)19)8-13(17)18/h2-5,11H,6-8H2,1H3,(H,17,18)/t11-/m0/s1. The van der Waals surface area contributed by atoms with E-state index in [-0.39, 0.29) is 12.3 Å². The maximum Gasteiger partial charge on any atom is 0.323 e. The van der Waals surface area contributed by atoms with Crippen molar-refractivity contribution in [1.82, 2.24) is 4.90 Å². The van der Waals surface area contributed by atoms with Crippen molar-refractivity contribution in [1.29, 1.82) is 0 Å². The van der Waals surface area contributed by atoms with Crippen LogP contribution >= 0.6 is 0 Å². The van der Waals surface area contributed by atoms with Gasteiger partial charge in [-0.05, 0) is 18.9 Å². The van der Waals surface area contributed by atoms with Crippen LogP contribution in [0.1, 0.15) is 17.5 Å². The summed E-state index contributed by atoms with van der Waals surface area (Å²) < 4.78 is 0. The molecule has 1 aromatic rings. The molecule has 0 aliphatic carbocycles. The van der Waals surface area contributed by atoms with E-state index in [9.17, 15) is 14.4 Å². The van der Waals surface area contributed by atoms with Gasteiger partial charge in [-0.25, -0.2) is 0 Å². The first kappa shape index (κ1) is 13.3. The van der Waals surface area contributed by atoms with E-state index in [0.717, 1.165) is 16.0 Å². The Balaban J connectivity index is 2.06. The average molecular weight is 261 g/mol. The van der Waals surface area contributed by atoms with E-state index < -0.39 is 24.3 Å². The Hall–Kier alpha value is -2.17. The Labute approximate surface area is 110 Å². The molecule has 0 unspecified atom stereocenters. The Morgan fingerprint density at radius 1 is 1.32 bits per heavy atom. The van der Waals surface area contributed by atoms with E-state index in [1.165, 1.54) is 0 Å². The van der Waals surface area contributed by atoms with E-state index in [1.807, 2.05) is 31.2 Å². The number of benzene rings is 1. The summed E-state index contributed by atoms with van der Waals surface area (Å²) in [5, 5.41) is 8.67. The third-order valence-corrected chi connectivity index (χ3v) is 3.23. The lowest BCUT2D eigenvalue weighted by molar-refractivity contribution is -0.149. The highest BCUT2D eigenvalue weighted by Gasteiger charge is 2.39. The number of aryl methyl sites for hydroxylation is 1. The molecule has 1 aliphatic heterocycles. The summed E-state index contributed by atoms with van der Waals surface area (Å²) in [5.41, 5.74) is 2.11. The highest BCUT2D eigenvalue weighted by molar-refractivity contribution is 6.05. The smallest absolute Gasteiger partial charge is 0.323 e. The molecule has 1 saturated heterocycles. The molecule has 0 spiro atoms. The van der Waals surface area contributed by atoms with Crippen LogP contribution < -0.4 is 0 Å². The van der Waals surface area contributed by atoms with Crippen molar-refractivity contribution in [3.8, 4) is 0 Å². The quantitative estimate of drug-likeness (QED) is 0.820. The second-order valence-corrected chi connectivity index (χ2v) is 4.80. The van der Waals surface area contributed by atoms with Crippen molar-refractivity contribution in [2.45, 2.75) is 19.8 Å². The minimum absolute atomic E-state index is 0.0972. The number of carboxylic acids is 1. The minimum atomic E-state index is -1.17. The van der Waals surface area contributed by atoms with Gasteiger partial charge in [0, 0.05) is 6.42 Å². The lowest BCUT2D eigenvalue weighted by atomic mass is 9.97. The summed E-state index contributed by atoms with van der Waals surface area (Å²) in [5.74, 6) is -2.38. The van der Waals surface area contributed by atoms with Gasteiger partial charge in [-0.3, -0.25) is 19.3 Å². The largest absolute Gasteiger partial charge is 0.480 e. The number of likely N-dealkylation sites (tertiary alicyclic amines) is 1. The molecule has 5 nitrogen and oxygen atoms in total. The zero-order chi connectivity index (χ0) is 14.0. The van der Waals surface area contributed by atoms with E-state index in [0.29, 0.717) is 6.42 Å². The first-order valence-corrected chi connectivity index (χ1v) is 6.09. The van der Waals surface area contributed by atoms with Crippen LogP contribution in [0.2, 0.25) is 0 Å². The molecule has 1 fully saturated rings. The minimum Gasteiger partial charge on any atom is -0.480 e. The van der Waals surface area contributed by atoms with Gasteiger partial charge in [0.1, 0.15) is 6.54 Å². The van der Waals surface area contributed by atoms with Gasteiger partial charge in [0.15, 0.2) is 0 Å². The number of nitrogens with zero attached hydrogens (tertiary/aromatic N) is 1. The molecule has 0 aromatic heterocycles. The number of rotatable bonds is 4. The molecule has 19 heavy (non-hydrogen) atoms. The molecule has 0 bridgehead atoms. The zero-order valence-corrected chi connectivity index (χ0v) is 10.6. The Bertz CT molecular complexity index is 521. The molecule has 2 rings (SSSR count). The zero-order valence-electron chi connectivity index (χ0n) is 10.6. The predicted octanol–water partition coefficient (Wildman–Crippen LogP) is 0.997. The molecule has 1 aliphatic rings. The second kappa shape index (κ2) is 5.22. The first-order chi connectivity index (χ1) is 8.97. The van der Waals surface area contributed by atoms with Crippen molar-refractivity contribution in [3.63, 3.8) is 0 Å². The van der Waals surface area contributed by atoms with Crippen LogP contribution in [-0.4, -0.2) is 34.3 Å². The van der Waals surface area contributed by atoms with Gasteiger partial charge in [-0.1, -0.05) is 29.8 Å². The van der Waals surface area contributed by atoms with Gasteiger partial charge in [-0.15, -0.1) is 0 Å². The Kier molecular flexibility index (Phi) is 3.64. The fourth-order valence-corrected chi connectivity index (χ4v) is 2.22. The molecular formula is C14H15NO4. The molecule has 0 radical (unpaired) electrons.